The molecular weight excluding hydrogens is 248 g/mol. The Bertz CT molecular complexity index is 299. The fourth-order valence-corrected chi connectivity index (χ4v) is 4.69. The monoisotopic (exact) mass is 280 g/mol. The predicted octanol–water partition coefficient (Wildman–Crippen LogP) is 2.93. The lowest BCUT2D eigenvalue weighted by molar-refractivity contribution is -0.0912. The average molecular weight is 280 g/mol. The largest absolute Gasteiger partial charge is 0.375 e. The van der Waals surface area contributed by atoms with Crippen molar-refractivity contribution < 1.29 is 4.74 Å². The zero-order chi connectivity index (χ0) is 13.8. The van der Waals surface area contributed by atoms with Gasteiger partial charge in [-0.05, 0) is 50.6 Å². The summed E-state index contributed by atoms with van der Waals surface area (Å²) in [6, 6.07) is 0.705. The highest BCUT2D eigenvalue weighted by atomic mass is 16.5. The first-order valence-electron chi connectivity index (χ1n) is 8.89. The molecule has 3 rings (SSSR count). The molecule has 2 N–H and O–H groups in total. The van der Waals surface area contributed by atoms with Gasteiger partial charge in [0.2, 0.25) is 0 Å². The summed E-state index contributed by atoms with van der Waals surface area (Å²) in [6.45, 7) is 4.23. The molecule has 0 aromatic heterocycles. The van der Waals surface area contributed by atoms with E-state index in [9.17, 15) is 0 Å². The van der Waals surface area contributed by atoms with Crippen LogP contribution in [0, 0.1) is 5.41 Å². The number of hydrogen-bond donors (Lipinski definition) is 1. The van der Waals surface area contributed by atoms with Gasteiger partial charge in [-0.15, -0.1) is 0 Å². The molecule has 1 heterocycles. The molecule has 116 valence electrons. The van der Waals surface area contributed by atoms with Gasteiger partial charge in [0.25, 0.3) is 0 Å². The zero-order valence-corrected chi connectivity index (χ0v) is 13.0. The van der Waals surface area contributed by atoms with Crippen molar-refractivity contribution >= 4 is 0 Å². The zero-order valence-electron chi connectivity index (χ0n) is 13.0. The van der Waals surface area contributed by atoms with Crippen LogP contribution in [0.2, 0.25) is 0 Å². The van der Waals surface area contributed by atoms with E-state index in [1.54, 1.807) is 0 Å². The summed E-state index contributed by atoms with van der Waals surface area (Å²) in [5.74, 6) is 0. The van der Waals surface area contributed by atoms with Crippen molar-refractivity contribution in [2.45, 2.75) is 76.4 Å². The lowest BCUT2D eigenvalue weighted by Crippen LogP contribution is -2.53. The minimum absolute atomic E-state index is 0.459. The van der Waals surface area contributed by atoms with Crippen molar-refractivity contribution in [1.29, 1.82) is 0 Å². The minimum Gasteiger partial charge on any atom is -0.375 e. The Balaban J connectivity index is 1.56. The Labute approximate surface area is 124 Å². The Morgan fingerprint density at radius 3 is 2.65 bits per heavy atom. The van der Waals surface area contributed by atoms with E-state index in [-0.39, 0.29) is 0 Å². The molecule has 0 bridgehead atoms. The topological polar surface area (TPSA) is 38.5 Å². The van der Waals surface area contributed by atoms with Crippen LogP contribution in [0.5, 0.6) is 0 Å². The van der Waals surface area contributed by atoms with E-state index in [1.165, 1.54) is 70.8 Å². The van der Waals surface area contributed by atoms with Gasteiger partial charge in [-0.2, -0.15) is 0 Å². The van der Waals surface area contributed by atoms with Gasteiger partial charge >= 0.3 is 0 Å². The maximum absolute atomic E-state index is 6.14. The second-order valence-electron chi connectivity index (χ2n) is 7.31. The molecule has 0 amide bonds. The molecule has 2 saturated carbocycles. The number of morpholine rings is 1. The van der Waals surface area contributed by atoms with Gasteiger partial charge in [-0.3, -0.25) is 4.90 Å². The van der Waals surface area contributed by atoms with Crippen molar-refractivity contribution in [1.82, 2.24) is 4.90 Å². The quantitative estimate of drug-likeness (QED) is 0.860. The van der Waals surface area contributed by atoms with Gasteiger partial charge in [-0.25, -0.2) is 0 Å². The van der Waals surface area contributed by atoms with E-state index in [0.717, 1.165) is 19.7 Å². The van der Waals surface area contributed by atoms with Crippen LogP contribution in [-0.4, -0.2) is 43.3 Å². The molecule has 3 nitrogen and oxygen atoms in total. The Morgan fingerprint density at radius 2 is 1.85 bits per heavy atom. The number of rotatable bonds is 4. The number of nitrogens with two attached hydrogens (primary N) is 1. The fourth-order valence-electron chi connectivity index (χ4n) is 4.69. The van der Waals surface area contributed by atoms with Crippen LogP contribution in [0.3, 0.4) is 0 Å². The van der Waals surface area contributed by atoms with Crippen LogP contribution in [-0.2, 0) is 4.74 Å². The molecule has 0 aromatic rings. The Hall–Kier alpha value is -0.120. The summed E-state index contributed by atoms with van der Waals surface area (Å²) < 4.78 is 5.99. The molecule has 3 heteroatoms. The molecule has 3 fully saturated rings. The highest BCUT2D eigenvalue weighted by molar-refractivity contribution is 4.90. The molecular formula is C17H32N2O. The molecule has 2 unspecified atom stereocenters. The van der Waals surface area contributed by atoms with E-state index in [2.05, 4.69) is 4.90 Å². The standard InChI is InChI=1S/C17H32N2O/c18-14-17(8-4-1-5-9-17)10-11-19-12-13-20-16-7-3-2-6-15(16)19/h15-16H,1-14,18H2. The van der Waals surface area contributed by atoms with Crippen LogP contribution in [0.15, 0.2) is 0 Å². The fraction of sp³-hybridized carbons (Fsp3) is 1.00. The van der Waals surface area contributed by atoms with Crippen molar-refractivity contribution in [3.63, 3.8) is 0 Å². The SMILES string of the molecule is NCC1(CCN2CCOC3CCCCC32)CCCCC1. The second kappa shape index (κ2) is 6.76. The highest BCUT2D eigenvalue weighted by Gasteiger charge is 2.36. The van der Waals surface area contributed by atoms with E-state index in [1.807, 2.05) is 0 Å². The van der Waals surface area contributed by atoms with Gasteiger partial charge in [0.15, 0.2) is 0 Å². The first-order chi connectivity index (χ1) is 9.83. The number of nitrogens with zero attached hydrogens (tertiary/aromatic N) is 1. The van der Waals surface area contributed by atoms with Crippen LogP contribution < -0.4 is 5.73 Å². The van der Waals surface area contributed by atoms with Crippen molar-refractivity contribution in [3.05, 3.63) is 0 Å². The molecule has 0 spiro atoms. The normalized spacial score (nSPS) is 34.6. The van der Waals surface area contributed by atoms with Gasteiger partial charge < -0.3 is 10.5 Å². The van der Waals surface area contributed by atoms with Crippen LogP contribution >= 0.6 is 0 Å². The molecule has 1 aliphatic heterocycles. The van der Waals surface area contributed by atoms with Gasteiger partial charge in [0.1, 0.15) is 0 Å². The van der Waals surface area contributed by atoms with Gasteiger partial charge in [0, 0.05) is 12.6 Å². The molecule has 2 atom stereocenters. The number of hydrogen-bond acceptors (Lipinski definition) is 3. The first-order valence-corrected chi connectivity index (χ1v) is 8.89. The summed E-state index contributed by atoms with van der Waals surface area (Å²) in [5.41, 5.74) is 6.60. The third-order valence-corrected chi connectivity index (χ3v) is 6.12. The lowest BCUT2D eigenvalue weighted by Gasteiger charge is -2.46. The molecule has 20 heavy (non-hydrogen) atoms. The van der Waals surface area contributed by atoms with Crippen LogP contribution in [0.4, 0.5) is 0 Å². The summed E-state index contributed by atoms with van der Waals surface area (Å²) >= 11 is 0. The molecule has 0 aromatic carbocycles. The van der Waals surface area contributed by atoms with Crippen LogP contribution in [0.25, 0.3) is 0 Å². The number of ether oxygens (including phenoxy) is 1. The van der Waals surface area contributed by atoms with Gasteiger partial charge in [-0.1, -0.05) is 32.1 Å². The van der Waals surface area contributed by atoms with Crippen molar-refractivity contribution in [2.75, 3.05) is 26.2 Å². The second-order valence-corrected chi connectivity index (χ2v) is 7.31. The summed E-state index contributed by atoms with van der Waals surface area (Å²) in [6.07, 6.45) is 14.2. The average Bonchev–Trinajstić information content (AvgIpc) is 2.54. The first kappa shape index (κ1) is 14.8. The Kier molecular flexibility index (Phi) is 5.00. The third kappa shape index (κ3) is 3.20. The van der Waals surface area contributed by atoms with E-state index in [4.69, 9.17) is 10.5 Å². The maximum Gasteiger partial charge on any atom is 0.0730 e. The lowest BCUT2D eigenvalue weighted by atomic mass is 9.71. The molecule has 3 aliphatic rings. The third-order valence-electron chi connectivity index (χ3n) is 6.12. The maximum atomic E-state index is 6.14. The van der Waals surface area contributed by atoms with E-state index in [0.29, 0.717) is 17.6 Å². The summed E-state index contributed by atoms with van der Waals surface area (Å²) in [5, 5.41) is 0. The van der Waals surface area contributed by atoms with Crippen LogP contribution in [0.1, 0.15) is 64.2 Å². The van der Waals surface area contributed by atoms with E-state index < -0.39 is 0 Å². The molecule has 0 radical (unpaired) electrons. The van der Waals surface area contributed by atoms with E-state index >= 15 is 0 Å². The van der Waals surface area contributed by atoms with Crippen molar-refractivity contribution in [2.24, 2.45) is 11.1 Å². The van der Waals surface area contributed by atoms with Crippen molar-refractivity contribution in [3.8, 4) is 0 Å². The highest BCUT2D eigenvalue weighted by Crippen LogP contribution is 2.39. The summed E-state index contributed by atoms with van der Waals surface area (Å²) in [7, 11) is 0. The summed E-state index contributed by atoms with van der Waals surface area (Å²) in [4.78, 5) is 2.74. The molecule has 1 saturated heterocycles. The Morgan fingerprint density at radius 1 is 1.05 bits per heavy atom. The minimum atomic E-state index is 0.459. The number of fused-ring (bicyclic) bond motifs is 1. The smallest absolute Gasteiger partial charge is 0.0730 e. The van der Waals surface area contributed by atoms with Gasteiger partial charge in [0.05, 0.1) is 12.7 Å². The molecule has 2 aliphatic carbocycles. The predicted molar refractivity (Wildman–Crippen MR) is 82.8 cm³/mol.